The summed E-state index contributed by atoms with van der Waals surface area (Å²) in [4.78, 5) is 0. The fourth-order valence-electron chi connectivity index (χ4n) is 0.604. The standard InChI is InChI=1S/C4H10N2.C3H8/c1-2-6-4-3-5-1;1-3-2/h5-6H,1-4H2;3H2,1-2H3. The molecule has 0 aliphatic carbocycles. The number of hydrogen-bond donors (Lipinski definition) is 2. The van der Waals surface area contributed by atoms with E-state index in [-0.39, 0.29) is 0 Å². The van der Waals surface area contributed by atoms with Gasteiger partial charge in [-0.2, -0.15) is 0 Å². The van der Waals surface area contributed by atoms with E-state index in [4.69, 9.17) is 0 Å². The molecule has 1 aliphatic rings. The zero-order chi connectivity index (χ0) is 6.95. The van der Waals surface area contributed by atoms with Gasteiger partial charge in [0.1, 0.15) is 0 Å². The van der Waals surface area contributed by atoms with Gasteiger partial charge in [-0.15, -0.1) is 0 Å². The molecule has 1 heterocycles. The first kappa shape index (κ1) is 8.92. The van der Waals surface area contributed by atoms with E-state index < -0.39 is 0 Å². The van der Waals surface area contributed by atoms with Crippen molar-refractivity contribution >= 4 is 0 Å². The van der Waals surface area contributed by atoms with Crippen LogP contribution in [0.2, 0.25) is 0 Å². The summed E-state index contributed by atoms with van der Waals surface area (Å²) in [7, 11) is 0. The summed E-state index contributed by atoms with van der Waals surface area (Å²) < 4.78 is 0. The van der Waals surface area contributed by atoms with E-state index >= 15 is 0 Å². The summed E-state index contributed by atoms with van der Waals surface area (Å²) in [6.45, 7) is 8.81. The summed E-state index contributed by atoms with van der Waals surface area (Å²) in [6.07, 6.45) is 1.25. The smallest absolute Gasteiger partial charge is 0.00772 e. The van der Waals surface area contributed by atoms with Crippen molar-refractivity contribution in [3.63, 3.8) is 0 Å². The molecule has 9 heavy (non-hydrogen) atoms. The Morgan fingerprint density at radius 1 is 0.889 bits per heavy atom. The summed E-state index contributed by atoms with van der Waals surface area (Å²) in [6, 6.07) is 0. The summed E-state index contributed by atoms with van der Waals surface area (Å²) in [5, 5.41) is 6.44. The van der Waals surface area contributed by atoms with Crippen molar-refractivity contribution in [1.82, 2.24) is 10.6 Å². The molecule has 1 saturated heterocycles. The molecule has 0 unspecified atom stereocenters. The van der Waals surface area contributed by atoms with Crippen LogP contribution in [-0.4, -0.2) is 26.2 Å². The normalized spacial score (nSPS) is 18.0. The number of nitrogens with one attached hydrogen (secondary N) is 2. The highest BCUT2D eigenvalue weighted by atomic mass is 15.0. The van der Waals surface area contributed by atoms with Crippen LogP contribution in [0.5, 0.6) is 0 Å². The van der Waals surface area contributed by atoms with Gasteiger partial charge in [-0.25, -0.2) is 0 Å². The third-order valence-electron chi connectivity index (χ3n) is 0.957. The zero-order valence-electron chi connectivity index (χ0n) is 6.54. The van der Waals surface area contributed by atoms with Crippen LogP contribution in [0.1, 0.15) is 20.3 Å². The Morgan fingerprint density at radius 3 is 1.22 bits per heavy atom. The van der Waals surface area contributed by atoms with Crippen molar-refractivity contribution in [1.29, 1.82) is 0 Å². The SMILES string of the molecule is C1CNCCN1.CCC. The maximum Gasteiger partial charge on any atom is 0.00772 e. The molecule has 0 saturated carbocycles. The van der Waals surface area contributed by atoms with Crippen LogP contribution >= 0.6 is 0 Å². The Labute approximate surface area is 58.0 Å². The Kier molecular flexibility index (Phi) is 7.85. The first-order valence-corrected chi connectivity index (χ1v) is 3.83. The topological polar surface area (TPSA) is 24.1 Å². The fourth-order valence-corrected chi connectivity index (χ4v) is 0.604. The fraction of sp³-hybridized carbons (Fsp3) is 1.00. The van der Waals surface area contributed by atoms with Gasteiger partial charge >= 0.3 is 0 Å². The van der Waals surface area contributed by atoms with Crippen molar-refractivity contribution in [2.24, 2.45) is 0 Å². The van der Waals surface area contributed by atoms with Crippen LogP contribution in [0.3, 0.4) is 0 Å². The van der Waals surface area contributed by atoms with Gasteiger partial charge in [0.15, 0.2) is 0 Å². The van der Waals surface area contributed by atoms with Crippen molar-refractivity contribution in [3.05, 3.63) is 0 Å². The van der Waals surface area contributed by atoms with Crippen molar-refractivity contribution < 1.29 is 0 Å². The van der Waals surface area contributed by atoms with Gasteiger partial charge in [0, 0.05) is 26.2 Å². The zero-order valence-corrected chi connectivity index (χ0v) is 6.54. The first-order chi connectivity index (χ1) is 4.41. The van der Waals surface area contributed by atoms with Crippen molar-refractivity contribution in [2.45, 2.75) is 20.3 Å². The molecule has 1 aliphatic heterocycles. The monoisotopic (exact) mass is 130 g/mol. The second kappa shape index (κ2) is 7.92. The Morgan fingerprint density at radius 2 is 1.11 bits per heavy atom. The molecule has 0 aromatic heterocycles. The molecule has 0 amide bonds. The van der Waals surface area contributed by atoms with E-state index in [0.717, 1.165) is 26.2 Å². The predicted molar refractivity (Wildman–Crippen MR) is 41.7 cm³/mol. The third-order valence-corrected chi connectivity index (χ3v) is 0.957. The molecule has 0 aromatic rings. The van der Waals surface area contributed by atoms with E-state index in [2.05, 4.69) is 24.5 Å². The molecule has 0 aromatic carbocycles. The summed E-state index contributed by atoms with van der Waals surface area (Å²) >= 11 is 0. The van der Waals surface area contributed by atoms with Crippen LogP contribution in [0.4, 0.5) is 0 Å². The number of hydrogen-bond acceptors (Lipinski definition) is 2. The maximum absolute atomic E-state index is 3.22. The molecule has 2 heteroatoms. The van der Waals surface area contributed by atoms with E-state index in [1.807, 2.05) is 0 Å². The lowest BCUT2D eigenvalue weighted by atomic mass is 10.4. The lowest BCUT2D eigenvalue weighted by Crippen LogP contribution is -2.39. The van der Waals surface area contributed by atoms with Gasteiger partial charge in [-0.1, -0.05) is 20.3 Å². The second-order valence-electron chi connectivity index (χ2n) is 2.21. The quantitative estimate of drug-likeness (QED) is 0.501. The van der Waals surface area contributed by atoms with Gasteiger partial charge in [0.05, 0.1) is 0 Å². The Hall–Kier alpha value is -0.0800. The molecule has 0 radical (unpaired) electrons. The van der Waals surface area contributed by atoms with Crippen LogP contribution in [0, 0.1) is 0 Å². The molecule has 2 N–H and O–H groups in total. The summed E-state index contributed by atoms with van der Waals surface area (Å²) in [5.41, 5.74) is 0. The Bertz CT molecular complexity index is 30.7. The highest BCUT2D eigenvalue weighted by Crippen LogP contribution is 1.65. The van der Waals surface area contributed by atoms with Gasteiger partial charge in [0.25, 0.3) is 0 Å². The van der Waals surface area contributed by atoms with Gasteiger partial charge in [-0.3, -0.25) is 0 Å². The van der Waals surface area contributed by atoms with E-state index in [1.54, 1.807) is 0 Å². The van der Waals surface area contributed by atoms with Crippen LogP contribution in [0.15, 0.2) is 0 Å². The lowest BCUT2D eigenvalue weighted by molar-refractivity contribution is 0.534. The van der Waals surface area contributed by atoms with Gasteiger partial charge < -0.3 is 10.6 Å². The molecule has 0 bridgehead atoms. The van der Waals surface area contributed by atoms with Crippen LogP contribution < -0.4 is 10.6 Å². The highest BCUT2D eigenvalue weighted by Gasteiger charge is 1.91. The molecule has 1 fully saturated rings. The average molecular weight is 130 g/mol. The first-order valence-electron chi connectivity index (χ1n) is 3.83. The second-order valence-corrected chi connectivity index (χ2v) is 2.21. The van der Waals surface area contributed by atoms with Crippen LogP contribution in [-0.2, 0) is 0 Å². The predicted octanol–water partition coefficient (Wildman–Crippen LogP) is 0.595. The van der Waals surface area contributed by atoms with Crippen LogP contribution in [0.25, 0.3) is 0 Å². The molecule has 2 nitrogen and oxygen atoms in total. The molecule has 56 valence electrons. The molecular weight excluding hydrogens is 112 g/mol. The largest absolute Gasteiger partial charge is 0.314 e. The molecule has 0 spiro atoms. The molecule has 1 rings (SSSR count). The Balaban J connectivity index is 0.000000187. The third kappa shape index (κ3) is 7.92. The lowest BCUT2D eigenvalue weighted by Gasteiger charge is -2.11. The van der Waals surface area contributed by atoms with E-state index in [9.17, 15) is 0 Å². The van der Waals surface area contributed by atoms with E-state index in [0.29, 0.717) is 0 Å². The minimum Gasteiger partial charge on any atom is -0.314 e. The van der Waals surface area contributed by atoms with Crippen molar-refractivity contribution in [2.75, 3.05) is 26.2 Å². The highest BCUT2D eigenvalue weighted by molar-refractivity contribution is 4.59. The van der Waals surface area contributed by atoms with Gasteiger partial charge in [0.2, 0.25) is 0 Å². The maximum atomic E-state index is 3.22. The minimum absolute atomic E-state index is 1.14. The average Bonchev–Trinajstić information content (AvgIpc) is 1.93. The number of rotatable bonds is 0. The minimum atomic E-state index is 1.14. The van der Waals surface area contributed by atoms with E-state index in [1.165, 1.54) is 6.42 Å². The van der Waals surface area contributed by atoms with Gasteiger partial charge in [-0.05, 0) is 0 Å². The summed E-state index contributed by atoms with van der Waals surface area (Å²) in [5.74, 6) is 0. The van der Waals surface area contributed by atoms with Crippen molar-refractivity contribution in [3.8, 4) is 0 Å². The number of piperazine rings is 1. The molecule has 0 atom stereocenters. The molecular formula is C7H18N2.